The molecular weight excluding hydrogens is 491 g/mol. The average Bonchev–Trinajstić information content (AvgIpc) is 2.87. The van der Waals surface area contributed by atoms with Gasteiger partial charge in [0.25, 0.3) is 0 Å². The number of phosphoric acid groups is 1. The van der Waals surface area contributed by atoms with Crippen molar-refractivity contribution >= 4 is 7.82 Å². The molecule has 1 rings (SSSR count). The number of benzene rings is 1. The number of unbranched alkanes of at least 4 members (excludes halogenated alkanes) is 14. The Morgan fingerprint density at radius 3 is 1.45 bits per heavy atom. The van der Waals surface area contributed by atoms with Crippen molar-refractivity contribution in [3.63, 3.8) is 0 Å². The van der Waals surface area contributed by atoms with Gasteiger partial charge in [-0.2, -0.15) is 0 Å². The maximum absolute atomic E-state index is 14.0. The first kappa shape index (κ1) is 35.4. The Labute approximate surface area is 236 Å². The number of hydrogen-bond donors (Lipinski definition) is 0. The van der Waals surface area contributed by atoms with E-state index < -0.39 is 7.82 Å². The predicted molar refractivity (Wildman–Crippen MR) is 164 cm³/mol. The highest BCUT2D eigenvalue weighted by atomic mass is 31.2. The summed E-state index contributed by atoms with van der Waals surface area (Å²) >= 11 is 0. The smallest absolute Gasteiger partial charge is 0.287 e. The number of rotatable bonds is 25. The standard InChI is InChI=1S/C33H61O4P/c1-7-10-13-16-19-22-25-35-38(34,36-26-23-20-17-14-11-8-2)37-32(24-21-18-15-12-9-3)33-30(5)27-29(4)28-31(33)6/h27-28,32H,7-26H2,1-6H3. The van der Waals surface area contributed by atoms with Crippen LogP contribution in [0.4, 0.5) is 0 Å². The number of hydrogen-bond acceptors (Lipinski definition) is 4. The van der Waals surface area contributed by atoms with Gasteiger partial charge in [0.15, 0.2) is 0 Å². The van der Waals surface area contributed by atoms with Gasteiger partial charge >= 0.3 is 7.82 Å². The van der Waals surface area contributed by atoms with Crippen LogP contribution in [0.25, 0.3) is 0 Å². The first-order chi connectivity index (χ1) is 18.4. The SMILES string of the molecule is CCCCCCCCOP(=O)(OCCCCCCCC)OC(CCCCCCC)c1c(C)cc(C)cc1C. The Morgan fingerprint density at radius 1 is 0.605 bits per heavy atom. The minimum atomic E-state index is -3.68. The normalized spacial score (nSPS) is 12.8. The molecule has 0 radical (unpaired) electrons. The topological polar surface area (TPSA) is 44.8 Å². The average molecular weight is 553 g/mol. The summed E-state index contributed by atoms with van der Waals surface area (Å²) in [4.78, 5) is 0. The van der Waals surface area contributed by atoms with Gasteiger partial charge in [0.05, 0.1) is 19.3 Å². The van der Waals surface area contributed by atoms with E-state index in [0.717, 1.165) is 44.1 Å². The second-order valence-corrected chi connectivity index (χ2v) is 12.9. The van der Waals surface area contributed by atoms with Gasteiger partial charge in [-0.1, -0.05) is 135 Å². The van der Waals surface area contributed by atoms with E-state index in [1.165, 1.54) is 93.7 Å². The summed E-state index contributed by atoms with van der Waals surface area (Å²) in [6, 6.07) is 4.41. The van der Waals surface area contributed by atoms with Crippen LogP contribution in [0, 0.1) is 20.8 Å². The fourth-order valence-corrected chi connectivity index (χ4v) is 6.68. The zero-order valence-electron chi connectivity index (χ0n) is 26.0. The third-order valence-electron chi connectivity index (χ3n) is 7.38. The fraction of sp³-hybridized carbons (Fsp3) is 0.818. The van der Waals surface area contributed by atoms with Crippen molar-refractivity contribution < 1.29 is 18.1 Å². The summed E-state index contributed by atoms with van der Waals surface area (Å²) in [6.07, 6.45) is 20.4. The van der Waals surface area contributed by atoms with E-state index in [1.807, 2.05) is 0 Å². The molecule has 1 atom stereocenters. The molecule has 0 fully saturated rings. The minimum absolute atomic E-state index is 0.280. The molecule has 5 heteroatoms. The molecule has 0 aliphatic rings. The molecule has 1 unspecified atom stereocenters. The van der Waals surface area contributed by atoms with Gasteiger partial charge in [0, 0.05) is 0 Å². The molecule has 222 valence electrons. The molecule has 4 nitrogen and oxygen atoms in total. The summed E-state index contributed by atoms with van der Waals surface area (Å²) in [6.45, 7) is 14.0. The van der Waals surface area contributed by atoms with Gasteiger partial charge in [0.1, 0.15) is 0 Å². The summed E-state index contributed by atoms with van der Waals surface area (Å²) in [5.74, 6) is 0. The minimum Gasteiger partial charge on any atom is -0.287 e. The van der Waals surface area contributed by atoms with Crippen LogP contribution in [0.5, 0.6) is 0 Å². The van der Waals surface area contributed by atoms with E-state index in [9.17, 15) is 4.57 Å². The van der Waals surface area contributed by atoms with Crippen LogP contribution in [0.2, 0.25) is 0 Å². The maximum atomic E-state index is 14.0. The van der Waals surface area contributed by atoms with E-state index in [2.05, 4.69) is 53.7 Å². The summed E-state index contributed by atoms with van der Waals surface area (Å²) < 4.78 is 32.4. The van der Waals surface area contributed by atoms with Crippen LogP contribution in [-0.4, -0.2) is 13.2 Å². The first-order valence-corrected chi connectivity index (χ1v) is 17.5. The summed E-state index contributed by atoms with van der Waals surface area (Å²) in [7, 11) is -3.68. The zero-order chi connectivity index (χ0) is 28.1. The Bertz CT molecular complexity index is 718. The van der Waals surface area contributed by atoms with Crippen LogP contribution < -0.4 is 0 Å². The van der Waals surface area contributed by atoms with E-state index in [0.29, 0.717) is 13.2 Å². The lowest BCUT2D eigenvalue weighted by molar-refractivity contribution is 0.0703. The summed E-state index contributed by atoms with van der Waals surface area (Å²) in [5, 5.41) is 0. The van der Waals surface area contributed by atoms with Crippen molar-refractivity contribution in [2.75, 3.05) is 13.2 Å². The largest absolute Gasteiger partial charge is 0.475 e. The van der Waals surface area contributed by atoms with Gasteiger partial charge in [-0.25, -0.2) is 4.57 Å². The Hall–Kier alpha value is -0.670. The van der Waals surface area contributed by atoms with Gasteiger partial charge in [-0.3, -0.25) is 13.6 Å². The van der Waals surface area contributed by atoms with Crippen LogP contribution in [-0.2, 0) is 18.1 Å². The number of phosphoric ester groups is 1. The molecule has 0 heterocycles. The van der Waals surface area contributed by atoms with Crippen molar-refractivity contribution in [3.8, 4) is 0 Å². The van der Waals surface area contributed by atoms with Crippen molar-refractivity contribution in [1.82, 2.24) is 0 Å². The molecule has 0 saturated carbocycles. The molecule has 0 spiro atoms. The predicted octanol–water partition coefficient (Wildman–Crippen LogP) is 11.9. The van der Waals surface area contributed by atoms with Crippen LogP contribution in [0.1, 0.15) is 165 Å². The molecule has 0 aliphatic carbocycles. The first-order valence-electron chi connectivity index (χ1n) is 16.0. The lowest BCUT2D eigenvalue weighted by Gasteiger charge is -2.27. The molecule has 38 heavy (non-hydrogen) atoms. The number of aryl methyl sites for hydroxylation is 3. The quantitative estimate of drug-likeness (QED) is 0.0893. The molecule has 0 saturated heterocycles. The van der Waals surface area contributed by atoms with Gasteiger partial charge < -0.3 is 0 Å². The van der Waals surface area contributed by atoms with Crippen molar-refractivity contribution in [2.24, 2.45) is 0 Å². The van der Waals surface area contributed by atoms with E-state index in [-0.39, 0.29) is 6.10 Å². The third-order valence-corrected chi connectivity index (χ3v) is 8.89. The Morgan fingerprint density at radius 2 is 1.00 bits per heavy atom. The fourth-order valence-electron chi connectivity index (χ4n) is 5.25. The van der Waals surface area contributed by atoms with Crippen molar-refractivity contribution in [1.29, 1.82) is 0 Å². The second-order valence-electron chi connectivity index (χ2n) is 11.3. The highest BCUT2D eigenvalue weighted by molar-refractivity contribution is 7.48. The zero-order valence-corrected chi connectivity index (χ0v) is 26.8. The van der Waals surface area contributed by atoms with Crippen LogP contribution in [0.15, 0.2) is 12.1 Å². The highest BCUT2D eigenvalue weighted by Crippen LogP contribution is 2.55. The molecule has 0 N–H and O–H groups in total. The molecular formula is C33H61O4P. The van der Waals surface area contributed by atoms with Crippen molar-refractivity contribution in [2.45, 2.75) is 163 Å². The van der Waals surface area contributed by atoms with Crippen LogP contribution >= 0.6 is 7.82 Å². The molecule has 1 aromatic rings. The Balaban J connectivity index is 2.92. The molecule has 1 aromatic carbocycles. The molecule has 0 aromatic heterocycles. The maximum Gasteiger partial charge on any atom is 0.475 e. The lowest BCUT2D eigenvalue weighted by Crippen LogP contribution is -2.11. The van der Waals surface area contributed by atoms with E-state index in [4.69, 9.17) is 13.6 Å². The third kappa shape index (κ3) is 15.8. The van der Waals surface area contributed by atoms with Gasteiger partial charge in [0.2, 0.25) is 0 Å². The second kappa shape index (κ2) is 22.1. The monoisotopic (exact) mass is 552 g/mol. The molecule has 0 amide bonds. The Kier molecular flexibility index (Phi) is 20.5. The molecule has 0 bridgehead atoms. The van der Waals surface area contributed by atoms with Gasteiger partial charge in [-0.05, 0) is 56.7 Å². The highest BCUT2D eigenvalue weighted by Gasteiger charge is 2.32. The van der Waals surface area contributed by atoms with Gasteiger partial charge in [-0.15, -0.1) is 0 Å². The lowest BCUT2D eigenvalue weighted by atomic mass is 9.93. The summed E-state index contributed by atoms with van der Waals surface area (Å²) in [5.41, 5.74) is 4.78. The van der Waals surface area contributed by atoms with E-state index in [1.54, 1.807) is 0 Å². The van der Waals surface area contributed by atoms with Crippen LogP contribution in [0.3, 0.4) is 0 Å². The molecule has 0 aliphatic heterocycles. The van der Waals surface area contributed by atoms with E-state index >= 15 is 0 Å². The van der Waals surface area contributed by atoms with Crippen molar-refractivity contribution in [3.05, 3.63) is 34.4 Å².